The third kappa shape index (κ3) is 7.63. The molecule has 2 unspecified atom stereocenters. The van der Waals surface area contributed by atoms with Crippen molar-refractivity contribution in [1.82, 2.24) is 10.2 Å². The monoisotopic (exact) mass is 276 g/mol. The fourth-order valence-corrected chi connectivity index (χ4v) is 1.55. The van der Waals surface area contributed by atoms with Crippen LogP contribution < -0.4 is 5.32 Å². The number of carboxylic acid groups (broad SMARTS) is 1. The summed E-state index contributed by atoms with van der Waals surface area (Å²) in [5.74, 6) is -0.946. The van der Waals surface area contributed by atoms with E-state index in [4.69, 9.17) is 9.84 Å². The molecule has 2 atom stereocenters. The van der Waals surface area contributed by atoms with Gasteiger partial charge in [-0.15, -0.1) is 0 Å². The smallest absolute Gasteiger partial charge is 0.317 e. The molecule has 0 fully saturated rings. The number of carbonyl (C=O) groups excluding carboxylic acids is 1. The van der Waals surface area contributed by atoms with E-state index < -0.39 is 24.1 Å². The number of aliphatic hydroxyl groups excluding tert-OH is 1. The molecule has 0 aliphatic rings. The van der Waals surface area contributed by atoms with Crippen LogP contribution in [-0.2, 0) is 9.53 Å². The number of nitrogens with one attached hydrogen (secondary N) is 1. The van der Waals surface area contributed by atoms with E-state index in [2.05, 4.69) is 5.32 Å². The largest absolute Gasteiger partial charge is 0.481 e. The zero-order valence-corrected chi connectivity index (χ0v) is 11.9. The molecular formula is C12H24N2O5. The Morgan fingerprint density at radius 2 is 1.95 bits per heavy atom. The Bertz CT molecular complexity index is 296. The van der Waals surface area contributed by atoms with Crippen molar-refractivity contribution in [3.63, 3.8) is 0 Å². The summed E-state index contributed by atoms with van der Waals surface area (Å²) in [6.45, 7) is 3.94. The molecule has 0 heterocycles. The maximum atomic E-state index is 11.8. The number of hydrogen-bond donors (Lipinski definition) is 3. The second-order valence-electron chi connectivity index (χ2n) is 4.89. The number of methoxy groups -OCH3 is 1. The van der Waals surface area contributed by atoms with Crippen molar-refractivity contribution in [2.24, 2.45) is 5.92 Å². The number of urea groups is 1. The van der Waals surface area contributed by atoms with Gasteiger partial charge in [0.2, 0.25) is 0 Å². The molecule has 2 amide bonds. The second kappa shape index (κ2) is 8.71. The van der Waals surface area contributed by atoms with Gasteiger partial charge in [-0.3, -0.25) is 4.79 Å². The quantitative estimate of drug-likeness (QED) is 0.585. The molecule has 0 rings (SSSR count). The standard InChI is InChI=1S/C12H24N2O5/c1-8(2)10(5-11(16)17)13-12(18)14(3)6-9(15)7-19-4/h8-10,15H,5-7H2,1-4H3,(H,13,18)(H,16,17). The number of aliphatic carboxylic acids is 1. The number of rotatable bonds is 8. The lowest BCUT2D eigenvalue weighted by Crippen LogP contribution is -2.48. The summed E-state index contributed by atoms with van der Waals surface area (Å²) >= 11 is 0. The third-order valence-electron chi connectivity index (χ3n) is 2.70. The first-order chi connectivity index (χ1) is 8.77. The summed E-state index contributed by atoms with van der Waals surface area (Å²) in [6, 6.07) is -0.845. The van der Waals surface area contributed by atoms with Gasteiger partial charge in [-0.2, -0.15) is 0 Å². The molecule has 0 aliphatic carbocycles. The molecule has 0 aliphatic heterocycles. The van der Waals surface area contributed by atoms with Gasteiger partial charge in [0.1, 0.15) is 0 Å². The zero-order chi connectivity index (χ0) is 15.0. The van der Waals surface area contributed by atoms with E-state index in [0.717, 1.165) is 0 Å². The van der Waals surface area contributed by atoms with Crippen LogP contribution in [-0.4, -0.2) is 66.6 Å². The molecule has 7 heteroatoms. The first kappa shape index (κ1) is 17.7. The fraction of sp³-hybridized carbons (Fsp3) is 0.833. The maximum absolute atomic E-state index is 11.8. The zero-order valence-electron chi connectivity index (χ0n) is 11.9. The minimum absolute atomic E-state index is 0.0114. The number of nitrogens with zero attached hydrogens (tertiary/aromatic N) is 1. The van der Waals surface area contributed by atoms with Crippen LogP contribution in [0.3, 0.4) is 0 Å². The highest BCUT2D eigenvalue weighted by Crippen LogP contribution is 2.07. The Labute approximate surface area is 113 Å². The number of ether oxygens (including phenoxy) is 1. The van der Waals surface area contributed by atoms with Gasteiger partial charge >= 0.3 is 12.0 Å². The van der Waals surface area contributed by atoms with Gasteiger partial charge in [-0.05, 0) is 5.92 Å². The van der Waals surface area contributed by atoms with Gasteiger partial charge in [0.25, 0.3) is 0 Å². The molecule has 3 N–H and O–H groups in total. The number of amides is 2. The lowest BCUT2D eigenvalue weighted by Gasteiger charge is -2.26. The van der Waals surface area contributed by atoms with Gasteiger partial charge in [-0.25, -0.2) is 4.79 Å². The van der Waals surface area contributed by atoms with Crippen molar-refractivity contribution < 1.29 is 24.5 Å². The van der Waals surface area contributed by atoms with Crippen LogP contribution in [0.15, 0.2) is 0 Å². The summed E-state index contributed by atoms with van der Waals surface area (Å²) in [4.78, 5) is 23.9. The predicted molar refractivity (Wildman–Crippen MR) is 69.9 cm³/mol. The van der Waals surface area contributed by atoms with Gasteiger partial charge in [0.05, 0.1) is 25.7 Å². The van der Waals surface area contributed by atoms with E-state index in [-0.39, 0.29) is 25.5 Å². The molecule has 0 aromatic heterocycles. The number of hydrogen-bond acceptors (Lipinski definition) is 4. The van der Waals surface area contributed by atoms with Crippen LogP contribution in [0.2, 0.25) is 0 Å². The highest BCUT2D eigenvalue weighted by Gasteiger charge is 2.22. The lowest BCUT2D eigenvalue weighted by atomic mass is 10.0. The van der Waals surface area contributed by atoms with Crippen molar-refractivity contribution in [3.8, 4) is 0 Å². The van der Waals surface area contributed by atoms with Crippen molar-refractivity contribution in [2.45, 2.75) is 32.4 Å². The highest BCUT2D eigenvalue weighted by atomic mass is 16.5. The highest BCUT2D eigenvalue weighted by molar-refractivity contribution is 5.75. The molecule has 0 bridgehead atoms. The summed E-state index contributed by atoms with van der Waals surface area (Å²) in [5.41, 5.74) is 0. The Morgan fingerprint density at radius 1 is 1.37 bits per heavy atom. The number of carboxylic acids is 1. The number of carbonyl (C=O) groups is 2. The predicted octanol–water partition coefficient (Wildman–Crippen LogP) is 0.134. The van der Waals surface area contributed by atoms with Crippen LogP contribution >= 0.6 is 0 Å². The molecular weight excluding hydrogens is 252 g/mol. The van der Waals surface area contributed by atoms with Crippen LogP contribution in [0.4, 0.5) is 4.79 Å². The Morgan fingerprint density at radius 3 is 2.37 bits per heavy atom. The minimum atomic E-state index is -0.957. The molecule has 0 radical (unpaired) electrons. The summed E-state index contributed by atoms with van der Waals surface area (Å²) in [5, 5.41) is 20.9. The molecule has 19 heavy (non-hydrogen) atoms. The fourth-order valence-electron chi connectivity index (χ4n) is 1.55. The summed E-state index contributed by atoms with van der Waals surface area (Å²) in [7, 11) is 3.00. The van der Waals surface area contributed by atoms with E-state index in [1.165, 1.54) is 19.1 Å². The van der Waals surface area contributed by atoms with Gasteiger partial charge < -0.3 is 25.2 Å². The molecule has 112 valence electrons. The van der Waals surface area contributed by atoms with E-state index in [1.54, 1.807) is 0 Å². The van der Waals surface area contributed by atoms with Crippen molar-refractivity contribution in [1.29, 1.82) is 0 Å². The summed E-state index contributed by atoms with van der Waals surface area (Å²) in [6.07, 6.45) is -0.893. The van der Waals surface area contributed by atoms with Crippen molar-refractivity contribution >= 4 is 12.0 Å². The molecule has 7 nitrogen and oxygen atoms in total. The maximum Gasteiger partial charge on any atom is 0.317 e. The van der Waals surface area contributed by atoms with E-state index in [1.807, 2.05) is 13.8 Å². The SMILES string of the molecule is COCC(O)CN(C)C(=O)NC(CC(=O)O)C(C)C. The Kier molecular flexibility index (Phi) is 8.09. The molecule has 0 saturated heterocycles. The number of aliphatic hydroxyl groups is 1. The molecule has 0 spiro atoms. The Hall–Kier alpha value is -1.34. The molecule has 0 aromatic carbocycles. The van der Waals surface area contributed by atoms with Crippen LogP contribution in [0, 0.1) is 5.92 Å². The second-order valence-corrected chi connectivity index (χ2v) is 4.89. The van der Waals surface area contributed by atoms with Crippen molar-refractivity contribution in [2.75, 3.05) is 27.3 Å². The Balaban J connectivity index is 4.34. The van der Waals surface area contributed by atoms with Crippen molar-refractivity contribution in [3.05, 3.63) is 0 Å². The minimum Gasteiger partial charge on any atom is -0.481 e. The van der Waals surface area contributed by atoms with E-state index in [9.17, 15) is 14.7 Å². The summed E-state index contributed by atoms with van der Waals surface area (Å²) < 4.78 is 4.77. The average molecular weight is 276 g/mol. The number of likely N-dealkylation sites (N-methyl/N-ethyl adjacent to an activating group) is 1. The normalized spacial score (nSPS) is 14.0. The van der Waals surface area contributed by atoms with Gasteiger partial charge in [0, 0.05) is 20.2 Å². The van der Waals surface area contributed by atoms with Gasteiger partial charge in [-0.1, -0.05) is 13.8 Å². The van der Waals surface area contributed by atoms with Crippen LogP contribution in [0.5, 0.6) is 0 Å². The van der Waals surface area contributed by atoms with Crippen LogP contribution in [0.25, 0.3) is 0 Å². The first-order valence-electron chi connectivity index (χ1n) is 6.18. The third-order valence-corrected chi connectivity index (χ3v) is 2.70. The topological polar surface area (TPSA) is 99.1 Å². The molecule has 0 saturated carbocycles. The first-order valence-corrected chi connectivity index (χ1v) is 6.18. The van der Waals surface area contributed by atoms with E-state index in [0.29, 0.717) is 0 Å². The van der Waals surface area contributed by atoms with Gasteiger partial charge in [0.15, 0.2) is 0 Å². The lowest BCUT2D eigenvalue weighted by molar-refractivity contribution is -0.137. The average Bonchev–Trinajstić information content (AvgIpc) is 2.27. The van der Waals surface area contributed by atoms with Crippen LogP contribution in [0.1, 0.15) is 20.3 Å². The van der Waals surface area contributed by atoms with E-state index >= 15 is 0 Å². The molecule has 0 aromatic rings.